The van der Waals surface area contributed by atoms with Crippen LogP contribution < -0.4 is 4.72 Å². The Morgan fingerprint density at radius 3 is 2.61 bits per heavy atom. The molecule has 1 aromatic carbocycles. The summed E-state index contributed by atoms with van der Waals surface area (Å²) < 4.78 is 39.2. The Bertz CT molecular complexity index is 530. The van der Waals surface area contributed by atoms with Crippen LogP contribution in [0.5, 0.6) is 0 Å². The Kier molecular flexibility index (Phi) is 4.80. The van der Waals surface area contributed by atoms with E-state index in [9.17, 15) is 17.6 Å². The van der Waals surface area contributed by atoms with Crippen molar-refractivity contribution in [1.29, 1.82) is 0 Å². The molecule has 2 N–H and O–H groups in total. The summed E-state index contributed by atoms with van der Waals surface area (Å²) in [5, 5.41) is 8.48. The van der Waals surface area contributed by atoms with Gasteiger partial charge < -0.3 is 5.11 Å². The lowest BCUT2D eigenvalue weighted by molar-refractivity contribution is -0.137. The largest absolute Gasteiger partial charge is 0.481 e. The summed E-state index contributed by atoms with van der Waals surface area (Å²) in [4.78, 5) is 9.92. The van der Waals surface area contributed by atoms with E-state index >= 15 is 0 Å². The van der Waals surface area contributed by atoms with Crippen molar-refractivity contribution >= 4 is 16.0 Å². The lowest BCUT2D eigenvalue weighted by Gasteiger charge is -2.13. The van der Waals surface area contributed by atoms with Gasteiger partial charge in [0.15, 0.2) is 0 Å². The molecule has 0 radical (unpaired) electrons. The lowest BCUT2D eigenvalue weighted by atomic mass is 10.2. The Labute approximate surface area is 105 Å². The fourth-order valence-electron chi connectivity index (χ4n) is 1.39. The molecule has 1 atom stereocenters. The third-order valence-electron chi connectivity index (χ3n) is 2.27. The quantitative estimate of drug-likeness (QED) is 0.821. The maximum atomic E-state index is 13.3. The number of hydrogen-bond acceptors (Lipinski definition) is 3. The average Bonchev–Trinajstić information content (AvgIpc) is 2.26. The van der Waals surface area contributed by atoms with Crippen molar-refractivity contribution in [3.05, 3.63) is 30.1 Å². The number of carboxylic acid groups (broad SMARTS) is 1. The van der Waals surface area contributed by atoms with Crippen molar-refractivity contribution in [2.24, 2.45) is 0 Å². The minimum atomic E-state index is -3.96. The molecule has 0 saturated carbocycles. The van der Waals surface area contributed by atoms with E-state index in [1.807, 2.05) is 0 Å². The molecule has 0 aliphatic carbocycles. The molecule has 1 rings (SSSR count). The molecule has 0 amide bonds. The van der Waals surface area contributed by atoms with Crippen molar-refractivity contribution in [2.45, 2.75) is 30.7 Å². The number of hydrogen-bond donors (Lipinski definition) is 2. The van der Waals surface area contributed by atoms with Gasteiger partial charge in [-0.15, -0.1) is 0 Å². The first-order valence-electron chi connectivity index (χ1n) is 5.31. The Morgan fingerprint density at radius 1 is 1.44 bits per heavy atom. The number of halogens is 1. The summed E-state index contributed by atoms with van der Waals surface area (Å²) >= 11 is 0. The number of aliphatic carboxylic acids is 1. The van der Waals surface area contributed by atoms with Gasteiger partial charge in [0.2, 0.25) is 10.0 Å². The maximum Gasteiger partial charge on any atom is 0.303 e. The van der Waals surface area contributed by atoms with Crippen LogP contribution in [0.1, 0.15) is 19.8 Å². The van der Waals surface area contributed by atoms with Crippen LogP contribution in [-0.2, 0) is 14.8 Å². The van der Waals surface area contributed by atoms with Gasteiger partial charge in [-0.1, -0.05) is 12.1 Å². The first-order valence-corrected chi connectivity index (χ1v) is 6.80. The number of rotatable bonds is 6. The van der Waals surface area contributed by atoms with E-state index in [1.165, 1.54) is 19.1 Å². The molecular weight excluding hydrogens is 261 g/mol. The standard InChI is InChI=1S/C11H14FNO4S/c1-8(6-7-11(14)15)13-18(16,17)10-5-3-2-4-9(10)12/h2-5,8,13H,6-7H2,1H3,(H,14,15). The molecule has 18 heavy (non-hydrogen) atoms. The molecule has 5 nitrogen and oxygen atoms in total. The van der Waals surface area contributed by atoms with Crippen LogP contribution >= 0.6 is 0 Å². The Balaban J connectivity index is 2.77. The summed E-state index contributed by atoms with van der Waals surface area (Å²) in [6.45, 7) is 1.53. The van der Waals surface area contributed by atoms with E-state index in [4.69, 9.17) is 5.11 Å². The predicted octanol–water partition coefficient (Wildman–Crippen LogP) is 1.36. The molecule has 100 valence electrons. The molecule has 1 aromatic rings. The van der Waals surface area contributed by atoms with Crippen LogP contribution in [0.3, 0.4) is 0 Å². The SMILES string of the molecule is CC(CCC(=O)O)NS(=O)(=O)c1ccccc1F. The number of sulfonamides is 1. The van der Waals surface area contributed by atoms with Gasteiger partial charge >= 0.3 is 5.97 Å². The van der Waals surface area contributed by atoms with E-state index in [0.717, 1.165) is 12.1 Å². The van der Waals surface area contributed by atoms with Gasteiger partial charge in [0.25, 0.3) is 0 Å². The van der Waals surface area contributed by atoms with Crippen LogP contribution in [0, 0.1) is 5.82 Å². The van der Waals surface area contributed by atoms with E-state index < -0.39 is 32.7 Å². The van der Waals surface area contributed by atoms with E-state index in [2.05, 4.69) is 4.72 Å². The van der Waals surface area contributed by atoms with Gasteiger partial charge in [0.1, 0.15) is 10.7 Å². The minimum absolute atomic E-state index is 0.142. The molecule has 0 fully saturated rings. The predicted molar refractivity (Wildman–Crippen MR) is 63.1 cm³/mol. The van der Waals surface area contributed by atoms with Gasteiger partial charge in [0, 0.05) is 12.5 Å². The average molecular weight is 275 g/mol. The summed E-state index contributed by atoms with van der Waals surface area (Å²) in [5.41, 5.74) is 0. The van der Waals surface area contributed by atoms with Gasteiger partial charge in [-0.05, 0) is 25.5 Å². The van der Waals surface area contributed by atoms with Crippen molar-refractivity contribution in [3.8, 4) is 0 Å². The Morgan fingerprint density at radius 2 is 2.06 bits per heavy atom. The van der Waals surface area contributed by atoms with E-state index in [-0.39, 0.29) is 12.8 Å². The van der Waals surface area contributed by atoms with Crippen LogP contribution in [0.25, 0.3) is 0 Å². The first-order chi connectivity index (χ1) is 8.33. The molecule has 0 heterocycles. The fraction of sp³-hybridized carbons (Fsp3) is 0.364. The van der Waals surface area contributed by atoms with Crippen LogP contribution in [-0.4, -0.2) is 25.5 Å². The molecule has 0 aliphatic rings. The molecule has 0 spiro atoms. The highest BCUT2D eigenvalue weighted by Gasteiger charge is 2.20. The third-order valence-corrected chi connectivity index (χ3v) is 3.90. The number of benzene rings is 1. The second-order valence-electron chi connectivity index (χ2n) is 3.89. The lowest BCUT2D eigenvalue weighted by Crippen LogP contribution is -2.33. The number of carboxylic acids is 1. The zero-order chi connectivity index (χ0) is 13.8. The fourth-order valence-corrected chi connectivity index (χ4v) is 2.75. The van der Waals surface area contributed by atoms with Crippen molar-refractivity contribution in [3.63, 3.8) is 0 Å². The zero-order valence-corrected chi connectivity index (χ0v) is 10.6. The molecular formula is C11H14FNO4S. The van der Waals surface area contributed by atoms with E-state index in [1.54, 1.807) is 0 Å². The second-order valence-corrected chi connectivity index (χ2v) is 5.57. The van der Waals surface area contributed by atoms with Gasteiger partial charge in [-0.3, -0.25) is 4.79 Å². The van der Waals surface area contributed by atoms with Crippen molar-refractivity contribution < 1.29 is 22.7 Å². The molecule has 0 bridgehead atoms. The topological polar surface area (TPSA) is 83.5 Å². The molecule has 0 aromatic heterocycles. The van der Waals surface area contributed by atoms with Crippen LogP contribution in [0.2, 0.25) is 0 Å². The molecule has 7 heteroatoms. The molecule has 1 unspecified atom stereocenters. The maximum absolute atomic E-state index is 13.3. The zero-order valence-electron chi connectivity index (χ0n) is 9.76. The first kappa shape index (κ1) is 14.6. The van der Waals surface area contributed by atoms with Gasteiger partial charge in [-0.2, -0.15) is 0 Å². The minimum Gasteiger partial charge on any atom is -0.481 e. The van der Waals surface area contributed by atoms with Crippen molar-refractivity contribution in [1.82, 2.24) is 4.72 Å². The monoisotopic (exact) mass is 275 g/mol. The summed E-state index contributed by atoms with van der Waals surface area (Å²) in [5.74, 6) is -1.85. The van der Waals surface area contributed by atoms with Gasteiger partial charge in [-0.25, -0.2) is 17.5 Å². The van der Waals surface area contributed by atoms with E-state index in [0.29, 0.717) is 0 Å². The van der Waals surface area contributed by atoms with Gasteiger partial charge in [0.05, 0.1) is 0 Å². The number of carbonyl (C=O) groups is 1. The normalized spacial score (nSPS) is 13.2. The summed E-state index contributed by atoms with van der Waals surface area (Å²) in [7, 11) is -3.96. The second kappa shape index (κ2) is 5.92. The highest BCUT2D eigenvalue weighted by Crippen LogP contribution is 2.14. The van der Waals surface area contributed by atoms with Crippen LogP contribution in [0.4, 0.5) is 4.39 Å². The van der Waals surface area contributed by atoms with Crippen molar-refractivity contribution in [2.75, 3.05) is 0 Å². The number of nitrogens with one attached hydrogen (secondary N) is 1. The van der Waals surface area contributed by atoms with Crippen LogP contribution in [0.15, 0.2) is 29.2 Å². The smallest absolute Gasteiger partial charge is 0.303 e. The molecule has 0 saturated heterocycles. The highest BCUT2D eigenvalue weighted by atomic mass is 32.2. The summed E-state index contributed by atoms with van der Waals surface area (Å²) in [6, 6.07) is 4.44. The molecule has 0 aliphatic heterocycles. The third kappa shape index (κ3) is 4.08. The summed E-state index contributed by atoms with van der Waals surface area (Å²) in [6.07, 6.45) is -0.00995. The Hall–Kier alpha value is -1.47. The highest BCUT2D eigenvalue weighted by molar-refractivity contribution is 7.89.